The Morgan fingerprint density at radius 2 is 2.40 bits per heavy atom. The van der Waals surface area contributed by atoms with Crippen molar-refractivity contribution in [3.05, 3.63) is 16.9 Å². The van der Waals surface area contributed by atoms with Crippen LogP contribution in [0.25, 0.3) is 0 Å². The fourth-order valence-corrected chi connectivity index (χ4v) is 1.46. The second-order valence-corrected chi connectivity index (χ2v) is 3.72. The first-order valence-corrected chi connectivity index (χ1v) is 5.00. The minimum absolute atomic E-state index is 0. The van der Waals surface area contributed by atoms with Crippen molar-refractivity contribution >= 4 is 24.0 Å². The molecule has 1 aromatic heterocycles. The zero-order chi connectivity index (χ0) is 9.97. The summed E-state index contributed by atoms with van der Waals surface area (Å²) in [6, 6.07) is 0.370. The van der Waals surface area contributed by atoms with Crippen molar-refractivity contribution in [2.45, 2.75) is 19.4 Å². The average molecular weight is 250 g/mol. The number of rotatable bonds is 2. The van der Waals surface area contributed by atoms with Crippen LogP contribution in [0.1, 0.15) is 12.0 Å². The fourth-order valence-electron chi connectivity index (χ4n) is 1.34. The van der Waals surface area contributed by atoms with Gasteiger partial charge < -0.3 is 10.1 Å². The van der Waals surface area contributed by atoms with Gasteiger partial charge in [-0.25, -0.2) is 4.98 Å². The Bertz CT molecular complexity index is 329. The van der Waals surface area contributed by atoms with E-state index in [0.717, 1.165) is 25.1 Å². The van der Waals surface area contributed by atoms with Gasteiger partial charge in [0.25, 0.3) is 0 Å². The molecule has 1 N–H and O–H groups in total. The zero-order valence-electron chi connectivity index (χ0n) is 8.36. The Morgan fingerprint density at radius 3 is 3.00 bits per heavy atom. The van der Waals surface area contributed by atoms with Crippen LogP contribution in [0, 0.1) is 6.92 Å². The molecule has 1 unspecified atom stereocenters. The van der Waals surface area contributed by atoms with Gasteiger partial charge in [-0.3, -0.25) is 0 Å². The van der Waals surface area contributed by atoms with E-state index >= 15 is 0 Å². The van der Waals surface area contributed by atoms with Crippen LogP contribution in [-0.2, 0) is 0 Å². The molecule has 4 nitrogen and oxygen atoms in total. The highest BCUT2D eigenvalue weighted by atomic mass is 35.5. The third-order valence-electron chi connectivity index (χ3n) is 2.18. The zero-order valence-corrected chi connectivity index (χ0v) is 9.94. The van der Waals surface area contributed by atoms with Gasteiger partial charge in [-0.2, -0.15) is 4.98 Å². The lowest BCUT2D eigenvalue weighted by atomic mass is 10.3. The van der Waals surface area contributed by atoms with Crippen LogP contribution in [0.4, 0.5) is 0 Å². The number of hydrogen-bond donors (Lipinski definition) is 1. The van der Waals surface area contributed by atoms with Crippen molar-refractivity contribution in [3.8, 4) is 6.01 Å². The van der Waals surface area contributed by atoms with Gasteiger partial charge >= 0.3 is 6.01 Å². The van der Waals surface area contributed by atoms with Crippen molar-refractivity contribution in [1.29, 1.82) is 0 Å². The minimum atomic E-state index is 0. The molecule has 1 aromatic rings. The monoisotopic (exact) mass is 249 g/mol. The lowest BCUT2D eigenvalue weighted by molar-refractivity contribution is 0.204. The lowest BCUT2D eigenvalue weighted by Gasteiger charge is -2.10. The highest BCUT2D eigenvalue weighted by Crippen LogP contribution is 2.15. The molecule has 0 amide bonds. The molecule has 0 spiro atoms. The van der Waals surface area contributed by atoms with E-state index in [2.05, 4.69) is 15.3 Å². The van der Waals surface area contributed by atoms with E-state index in [1.807, 2.05) is 6.92 Å². The van der Waals surface area contributed by atoms with Crippen molar-refractivity contribution in [2.24, 2.45) is 0 Å². The molecule has 0 aromatic carbocycles. The quantitative estimate of drug-likeness (QED) is 0.810. The normalized spacial score (nSPS) is 19.7. The van der Waals surface area contributed by atoms with Gasteiger partial charge in [0.2, 0.25) is 0 Å². The van der Waals surface area contributed by atoms with Gasteiger partial charge in [0, 0.05) is 18.3 Å². The SMILES string of the molecule is Cc1cnc(OC2CCNC2)nc1Cl.Cl. The number of aryl methyl sites for hydroxylation is 1. The molecule has 1 fully saturated rings. The van der Waals surface area contributed by atoms with Crippen molar-refractivity contribution in [2.75, 3.05) is 13.1 Å². The second kappa shape index (κ2) is 5.49. The highest BCUT2D eigenvalue weighted by Gasteiger charge is 2.17. The molecule has 2 heterocycles. The molecule has 15 heavy (non-hydrogen) atoms. The Morgan fingerprint density at radius 1 is 1.60 bits per heavy atom. The number of nitrogens with zero attached hydrogens (tertiary/aromatic N) is 2. The molecule has 6 heteroatoms. The van der Waals surface area contributed by atoms with Crippen LogP contribution >= 0.6 is 24.0 Å². The van der Waals surface area contributed by atoms with Crippen molar-refractivity contribution < 1.29 is 4.74 Å². The van der Waals surface area contributed by atoms with Crippen LogP contribution in [0.2, 0.25) is 5.15 Å². The van der Waals surface area contributed by atoms with Crippen molar-refractivity contribution in [1.82, 2.24) is 15.3 Å². The third-order valence-corrected chi connectivity index (χ3v) is 2.56. The Kier molecular flexibility index (Phi) is 4.57. The Hall–Kier alpha value is -0.580. The maximum Gasteiger partial charge on any atom is 0.318 e. The largest absolute Gasteiger partial charge is 0.459 e. The van der Waals surface area contributed by atoms with E-state index in [-0.39, 0.29) is 18.5 Å². The van der Waals surface area contributed by atoms with Gasteiger partial charge in [-0.1, -0.05) is 11.6 Å². The predicted octanol–water partition coefficient (Wildman–Crippen LogP) is 1.60. The molecule has 2 rings (SSSR count). The molecule has 0 radical (unpaired) electrons. The van der Waals surface area contributed by atoms with Gasteiger partial charge in [0.1, 0.15) is 11.3 Å². The minimum Gasteiger partial charge on any atom is -0.459 e. The third kappa shape index (κ3) is 3.19. The summed E-state index contributed by atoms with van der Waals surface area (Å²) in [6.45, 7) is 3.71. The van der Waals surface area contributed by atoms with E-state index in [9.17, 15) is 0 Å². The van der Waals surface area contributed by atoms with Crippen molar-refractivity contribution in [3.63, 3.8) is 0 Å². The Labute approximate surface area is 99.8 Å². The first-order valence-electron chi connectivity index (χ1n) is 4.62. The van der Waals surface area contributed by atoms with Crippen LogP contribution < -0.4 is 10.1 Å². The average Bonchev–Trinajstić information content (AvgIpc) is 2.64. The summed E-state index contributed by atoms with van der Waals surface area (Å²) in [5, 5.41) is 3.66. The number of nitrogens with one attached hydrogen (secondary N) is 1. The van der Waals surface area contributed by atoms with Gasteiger partial charge in [0.15, 0.2) is 0 Å². The maximum atomic E-state index is 5.85. The molecule has 1 aliphatic heterocycles. The molecule has 0 saturated carbocycles. The smallest absolute Gasteiger partial charge is 0.318 e. The maximum absolute atomic E-state index is 5.85. The summed E-state index contributed by atoms with van der Waals surface area (Å²) in [5.41, 5.74) is 0.864. The molecule has 0 bridgehead atoms. The number of aromatic nitrogens is 2. The van der Waals surface area contributed by atoms with E-state index in [1.54, 1.807) is 6.20 Å². The molecule has 84 valence electrons. The van der Waals surface area contributed by atoms with Gasteiger partial charge in [-0.05, 0) is 19.9 Å². The fraction of sp³-hybridized carbons (Fsp3) is 0.556. The molecule has 0 aliphatic carbocycles. The molecule has 1 atom stereocenters. The predicted molar refractivity (Wildman–Crippen MR) is 60.9 cm³/mol. The lowest BCUT2D eigenvalue weighted by Crippen LogP contribution is -2.20. The van der Waals surface area contributed by atoms with E-state index in [1.165, 1.54) is 0 Å². The summed E-state index contributed by atoms with van der Waals surface area (Å²) in [5.74, 6) is 0. The Balaban J connectivity index is 0.00000112. The summed E-state index contributed by atoms with van der Waals surface area (Å²) in [4.78, 5) is 8.10. The van der Waals surface area contributed by atoms with Gasteiger partial charge in [0.05, 0.1) is 0 Å². The first kappa shape index (κ1) is 12.5. The summed E-state index contributed by atoms with van der Waals surface area (Å²) in [6.07, 6.45) is 2.84. The number of ether oxygens (including phenoxy) is 1. The van der Waals surface area contributed by atoms with Crippen LogP contribution in [0.5, 0.6) is 6.01 Å². The van der Waals surface area contributed by atoms with Crippen LogP contribution in [0.3, 0.4) is 0 Å². The summed E-state index contributed by atoms with van der Waals surface area (Å²) >= 11 is 5.85. The number of halogens is 2. The number of hydrogen-bond acceptors (Lipinski definition) is 4. The van der Waals surface area contributed by atoms with E-state index in [4.69, 9.17) is 16.3 Å². The topological polar surface area (TPSA) is 47.0 Å². The van der Waals surface area contributed by atoms with E-state index < -0.39 is 0 Å². The standard InChI is InChI=1S/C9H12ClN3O.ClH/c1-6-4-12-9(13-8(6)10)14-7-2-3-11-5-7;/h4,7,11H,2-3,5H2,1H3;1H. The van der Waals surface area contributed by atoms with E-state index in [0.29, 0.717) is 11.2 Å². The first-order chi connectivity index (χ1) is 6.75. The summed E-state index contributed by atoms with van der Waals surface area (Å²) in [7, 11) is 0. The highest BCUT2D eigenvalue weighted by molar-refractivity contribution is 6.30. The molecular formula is C9H13Cl2N3O. The molecule has 1 saturated heterocycles. The summed E-state index contributed by atoms with van der Waals surface area (Å²) < 4.78 is 5.54. The molecule has 1 aliphatic rings. The van der Waals surface area contributed by atoms with Crippen LogP contribution in [-0.4, -0.2) is 29.2 Å². The second-order valence-electron chi connectivity index (χ2n) is 3.36. The van der Waals surface area contributed by atoms with Crippen LogP contribution in [0.15, 0.2) is 6.20 Å². The van der Waals surface area contributed by atoms with Gasteiger partial charge in [-0.15, -0.1) is 12.4 Å². The molecular weight excluding hydrogens is 237 g/mol.